The third-order valence-corrected chi connectivity index (χ3v) is 4.88. The number of carbonyl (C=O) groups excluding carboxylic acids is 1. The van der Waals surface area contributed by atoms with Gasteiger partial charge in [0.15, 0.2) is 0 Å². The first-order valence-corrected chi connectivity index (χ1v) is 8.31. The molecule has 0 saturated carbocycles. The zero-order valence-corrected chi connectivity index (χ0v) is 13.9. The highest BCUT2D eigenvalue weighted by Gasteiger charge is 2.20. The Morgan fingerprint density at radius 1 is 1.22 bits per heavy atom. The van der Waals surface area contributed by atoms with Gasteiger partial charge in [-0.3, -0.25) is 4.72 Å². The van der Waals surface area contributed by atoms with Crippen molar-refractivity contribution in [3.05, 3.63) is 52.5 Å². The fourth-order valence-corrected chi connectivity index (χ4v) is 3.20. The lowest BCUT2D eigenvalue weighted by molar-refractivity contribution is 0.0601. The van der Waals surface area contributed by atoms with E-state index in [1.807, 2.05) is 0 Å². The minimum Gasteiger partial charge on any atom is -0.508 e. The first-order valence-electron chi connectivity index (χ1n) is 6.45. The van der Waals surface area contributed by atoms with E-state index in [-0.39, 0.29) is 21.9 Å². The minimum atomic E-state index is -3.95. The van der Waals surface area contributed by atoms with Gasteiger partial charge in [0, 0.05) is 5.02 Å². The number of benzene rings is 2. The number of aryl methyl sites for hydroxylation is 1. The van der Waals surface area contributed by atoms with Gasteiger partial charge in [0.05, 0.1) is 23.3 Å². The van der Waals surface area contributed by atoms with E-state index in [0.29, 0.717) is 5.02 Å². The van der Waals surface area contributed by atoms with Crippen molar-refractivity contribution >= 4 is 33.3 Å². The number of hydrogen-bond acceptors (Lipinski definition) is 5. The van der Waals surface area contributed by atoms with Crippen LogP contribution in [0.5, 0.6) is 5.75 Å². The molecule has 0 spiro atoms. The van der Waals surface area contributed by atoms with Crippen molar-refractivity contribution in [2.45, 2.75) is 11.8 Å². The average molecular weight is 356 g/mol. The maximum atomic E-state index is 12.4. The van der Waals surface area contributed by atoms with E-state index in [1.165, 1.54) is 24.3 Å². The number of aromatic hydroxyl groups is 1. The number of methoxy groups -OCH3 is 1. The molecule has 122 valence electrons. The summed E-state index contributed by atoms with van der Waals surface area (Å²) in [6, 6.07) is 7.95. The highest BCUT2D eigenvalue weighted by molar-refractivity contribution is 7.92. The summed E-state index contributed by atoms with van der Waals surface area (Å²) >= 11 is 5.95. The highest BCUT2D eigenvalue weighted by Crippen LogP contribution is 2.26. The largest absolute Gasteiger partial charge is 0.508 e. The summed E-state index contributed by atoms with van der Waals surface area (Å²) in [7, 11) is -2.80. The van der Waals surface area contributed by atoms with Gasteiger partial charge >= 0.3 is 5.97 Å². The number of ether oxygens (including phenoxy) is 1. The van der Waals surface area contributed by atoms with Crippen LogP contribution in [0.4, 0.5) is 5.69 Å². The van der Waals surface area contributed by atoms with E-state index in [9.17, 15) is 18.3 Å². The van der Waals surface area contributed by atoms with Crippen LogP contribution in [-0.4, -0.2) is 26.6 Å². The number of anilines is 1. The van der Waals surface area contributed by atoms with Crippen LogP contribution in [0.25, 0.3) is 0 Å². The molecule has 0 radical (unpaired) electrons. The second-order valence-electron chi connectivity index (χ2n) is 4.74. The van der Waals surface area contributed by atoms with Crippen LogP contribution in [0, 0.1) is 6.92 Å². The van der Waals surface area contributed by atoms with Gasteiger partial charge < -0.3 is 9.84 Å². The van der Waals surface area contributed by atoms with Crippen LogP contribution in [0.2, 0.25) is 5.02 Å². The zero-order valence-electron chi connectivity index (χ0n) is 12.3. The number of phenols is 1. The molecule has 0 fully saturated rings. The van der Waals surface area contributed by atoms with Crippen LogP contribution in [0.3, 0.4) is 0 Å². The van der Waals surface area contributed by atoms with Crippen LogP contribution >= 0.6 is 11.6 Å². The first-order chi connectivity index (χ1) is 10.7. The molecule has 8 heteroatoms. The molecule has 0 saturated heterocycles. The van der Waals surface area contributed by atoms with E-state index in [1.54, 1.807) is 13.0 Å². The molecule has 0 aliphatic rings. The van der Waals surface area contributed by atoms with E-state index < -0.39 is 16.0 Å². The first kappa shape index (κ1) is 17.1. The number of rotatable bonds is 4. The number of esters is 1. The lowest BCUT2D eigenvalue weighted by Crippen LogP contribution is -2.16. The molecule has 0 bridgehead atoms. The molecule has 0 atom stereocenters. The molecule has 0 unspecified atom stereocenters. The molecular formula is C15H14ClNO5S. The fraction of sp³-hybridized carbons (Fsp3) is 0.133. The van der Waals surface area contributed by atoms with Crippen molar-refractivity contribution in [3.8, 4) is 5.75 Å². The topological polar surface area (TPSA) is 92.7 Å². The maximum Gasteiger partial charge on any atom is 0.340 e. The lowest BCUT2D eigenvalue weighted by atomic mass is 10.2. The van der Waals surface area contributed by atoms with Gasteiger partial charge in [-0.15, -0.1) is 0 Å². The predicted molar refractivity (Wildman–Crippen MR) is 86.4 cm³/mol. The van der Waals surface area contributed by atoms with Crippen LogP contribution in [0.1, 0.15) is 15.9 Å². The summed E-state index contributed by atoms with van der Waals surface area (Å²) in [6.45, 7) is 1.75. The zero-order chi connectivity index (χ0) is 17.2. The molecule has 2 aromatic rings. The van der Waals surface area contributed by atoms with E-state index in [2.05, 4.69) is 9.46 Å². The summed E-state index contributed by atoms with van der Waals surface area (Å²) < 4.78 is 31.7. The number of sulfonamides is 1. The molecule has 6 nitrogen and oxygen atoms in total. The van der Waals surface area contributed by atoms with Gasteiger partial charge in [-0.25, -0.2) is 13.2 Å². The van der Waals surface area contributed by atoms with Crippen LogP contribution in [-0.2, 0) is 14.8 Å². The summed E-state index contributed by atoms with van der Waals surface area (Å²) in [5, 5.41) is 9.77. The molecule has 2 aromatic carbocycles. The Balaban J connectivity index is 2.45. The van der Waals surface area contributed by atoms with Crippen molar-refractivity contribution in [2.75, 3.05) is 11.8 Å². The molecule has 0 heterocycles. The Morgan fingerprint density at radius 3 is 2.52 bits per heavy atom. The predicted octanol–water partition coefficient (Wildman–Crippen LogP) is 2.94. The third-order valence-electron chi connectivity index (χ3n) is 3.11. The van der Waals surface area contributed by atoms with Crippen molar-refractivity contribution in [2.24, 2.45) is 0 Å². The van der Waals surface area contributed by atoms with Gasteiger partial charge in [-0.1, -0.05) is 17.7 Å². The Hall–Kier alpha value is -2.25. The van der Waals surface area contributed by atoms with Gasteiger partial charge in [-0.2, -0.15) is 0 Å². The highest BCUT2D eigenvalue weighted by atomic mass is 35.5. The molecule has 2 N–H and O–H groups in total. The van der Waals surface area contributed by atoms with Crippen molar-refractivity contribution in [1.29, 1.82) is 0 Å². The number of carbonyl (C=O) groups is 1. The van der Waals surface area contributed by atoms with Gasteiger partial charge in [0.2, 0.25) is 0 Å². The van der Waals surface area contributed by atoms with Gasteiger partial charge in [0.1, 0.15) is 5.75 Å². The van der Waals surface area contributed by atoms with E-state index in [4.69, 9.17) is 11.6 Å². The third kappa shape index (κ3) is 3.75. The number of halogens is 1. The molecule has 0 aliphatic heterocycles. The van der Waals surface area contributed by atoms with Crippen LogP contribution < -0.4 is 4.72 Å². The standard InChI is InChI=1S/C15H14ClNO5S/c1-9-3-5-11(8-13(9)16)23(20,21)17-14-6-4-10(18)7-12(14)15(19)22-2/h3-8,17-18H,1-2H3. The normalized spacial score (nSPS) is 11.1. The summed E-state index contributed by atoms with van der Waals surface area (Å²) in [4.78, 5) is 11.7. The van der Waals surface area contributed by atoms with Gasteiger partial charge in [-0.05, 0) is 42.8 Å². The monoisotopic (exact) mass is 355 g/mol. The van der Waals surface area contributed by atoms with Gasteiger partial charge in [0.25, 0.3) is 10.0 Å². The minimum absolute atomic E-state index is 0.00801. The van der Waals surface area contributed by atoms with E-state index in [0.717, 1.165) is 18.7 Å². The Kier molecular flexibility index (Phi) is 4.82. The summed E-state index contributed by atoms with van der Waals surface area (Å²) in [6.07, 6.45) is 0. The Bertz CT molecular complexity index is 864. The molecule has 23 heavy (non-hydrogen) atoms. The Morgan fingerprint density at radius 2 is 1.91 bits per heavy atom. The molecule has 0 aromatic heterocycles. The molecule has 2 rings (SSSR count). The number of phenolic OH excluding ortho intramolecular Hbond substituents is 1. The quantitative estimate of drug-likeness (QED) is 0.649. The second kappa shape index (κ2) is 6.47. The van der Waals surface area contributed by atoms with Crippen LogP contribution in [0.15, 0.2) is 41.3 Å². The van der Waals surface area contributed by atoms with E-state index >= 15 is 0 Å². The maximum absolute atomic E-state index is 12.4. The SMILES string of the molecule is COC(=O)c1cc(O)ccc1NS(=O)(=O)c1ccc(C)c(Cl)c1. The molecular weight excluding hydrogens is 342 g/mol. The Labute approximate surface area is 138 Å². The number of nitrogens with one attached hydrogen (secondary N) is 1. The van der Waals surface area contributed by atoms with Crippen molar-refractivity contribution < 1.29 is 23.1 Å². The molecule has 0 amide bonds. The average Bonchev–Trinajstić information content (AvgIpc) is 2.50. The number of hydrogen-bond donors (Lipinski definition) is 2. The lowest BCUT2D eigenvalue weighted by Gasteiger charge is -2.12. The summed E-state index contributed by atoms with van der Waals surface area (Å²) in [5.41, 5.74) is 0.631. The summed E-state index contributed by atoms with van der Waals surface area (Å²) in [5.74, 6) is -0.965. The van der Waals surface area contributed by atoms with Crippen molar-refractivity contribution in [1.82, 2.24) is 0 Å². The smallest absolute Gasteiger partial charge is 0.340 e. The second-order valence-corrected chi connectivity index (χ2v) is 6.83. The van der Waals surface area contributed by atoms with Crippen molar-refractivity contribution in [3.63, 3.8) is 0 Å². The fourth-order valence-electron chi connectivity index (χ4n) is 1.84. The molecule has 0 aliphatic carbocycles.